The van der Waals surface area contributed by atoms with Crippen molar-refractivity contribution in [2.75, 3.05) is 32.5 Å². The summed E-state index contributed by atoms with van der Waals surface area (Å²) in [5.41, 5.74) is 1.89. The Morgan fingerprint density at radius 1 is 1.21 bits per heavy atom. The summed E-state index contributed by atoms with van der Waals surface area (Å²) in [5.74, 6) is 0.477. The Morgan fingerprint density at radius 3 is 2.68 bits per heavy atom. The molecule has 0 atom stereocenters. The van der Waals surface area contributed by atoms with Crippen molar-refractivity contribution in [3.8, 4) is 10.4 Å². The van der Waals surface area contributed by atoms with E-state index in [-0.39, 0.29) is 6.03 Å². The van der Waals surface area contributed by atoms with Gasteiger partial charge in [0.1, 0.15) is 0 Å². The van der Waals surface area contributed by atoms with Crippen LogP contribution in [0, 0.1) is 6.92 Å². The Kier molecular flexibility index (Phi) is 5.23. The van der Waals surface area contributed by atoms with E-state index in [0.717, 1.165) is 52.3 Å². The molecular weight excluding hydrogens is 372 g/mol. The third-order valence-corrected chi connectivity index (χ3v) is 6.17. The molecule has 146 valence electrons. The average molecular weight is 397 g/mol. The number of amides is 2. The van der Waals surface area contributed by atoms with E-state index in [1.165, 1.54) is 0 Å². The Balaban J connectivity index is 1.49. The molecule has 7 nitrogen and oxygen atoms in total. The highest BCUT2D eigenvalue weighted by atomic mass is 32.1. The molecule has 1 fully saturated rings. The van der Waals surface area contributed by atoms with Crippen LogP contribution in [0.2, 0.25) is 0 Å². The number of urea groups is 1. The molecular formula is C20H24N6OS. The number of anilines is 1. The van der Waals surface area contributed by atoms with Gasteiger partial charge < -0.3 is 9.80 Å². The maximum absolute atomic E-state index is 12.6. The van der Waals surface area contributed by atoms with Crippen molar-refractivity contribution < 1.29 is 4.79 Å². The number of hydrogen-bond acceptors (Lipinski definition) is 6. The number of aromatic nitrogens is 3. The van der Waals surface area contributed by atoms with Gasteiger partial charge in [-0.05, 0) is 57.6 Å². The van der Waals surface area contributed by atoms with Gasteiger partial charge in [0.2, 0.25) is 0 Å². The number of nitrogens with one attached hydrogen (secondary N) is 1. The second-order valence-electron chi connectivity index (χ2n) is 7.36. The molecule has 1 saturated heterocycles. The van der Waals surface area contributed by atoms with Gasteiger partial charge >= 0.3 is 6.03 Å². The smallest absolute Gasteiger partial charge is 0.323 e. The standard InChI is InChI=1S/C20H24N6OS/c1-13-21-12-18(28-13)14-4-5-17-15(10-14)11-19(24-23-17)22-20(27)26-8-6-16(7-9-26)25(2)3/h4-5,10-12,16H,6-9H2,1-3H3,(H,22,24,27). The number of carbonyl (C=O) groups is 1. The fraction of sp³-hybridized carbons (Fsp3) is 0.400. The summed E-state index contributed by atoms with van der Waals surface area (Å²) in [6.45, 7) is 3.50. The van der Waals surface area contributed by atoms with Crippen LogP contribution in [-0.4, -0.2) is 64.2 Å². The number of benzene rings is 1. The van der Waals surface area contributed by atoms with Crippen LogP contribution in [-0.2, 0) is 0 Å². The van der Waals surface area contributed by atoms with Crippen molar-refractivity contribution in [1.82, 2.24) is 25.0 Å². The Morgan fingerprint density at radius 2 is 2.00 bits per heavy atom. The Hall–Kier alpha value is -2.58. The number of aryl methyl sites for hydroxylation is 1. The van der Waals surface area contributed by atoms with Gasteiger partial charge in [0.25, 0.3) is 0 Å². The second-order valence-corrected chi connectivity index (χ2v) is 8.59. The van der Waals surface area contributed by atoms with Crippen molar-refractivity contribution in [2.24, 2.45) is 0 Å². The Labute approximate surface area is 168 Å². The largest absolute Gasteiger partial charge is 0.324 e. The molecule has 0 saturated carbocycles. The van der Waals surface area contributed by atoms with Gasteiger partial charge in [-0.25, -0.2) is 9.78 Å². The van der Waals surface area contributed by atoms with Gasteiger partial charge in [-0.2, -0.15) is 0 Å². The van der Waals surface area contributed by atoms with Crippen molar-refractivity contribution >= 4 is 34.1 Å². The van der Waals surface area contributed by atoms with E-state index in [4.69, 9.17) is 0 Å². The SMILES string of the molecule is Cc1ncc(-c2ccc3nnc(NC(=O)N4CCC(N(C)C)CC4)cc3c2)s1. The summed E-state index contributed by atoms with van der Waals surface area (Å²) in [7, 11) is 4.18. The fourth-order valence-corrected chi connectivity index (χ4v) is 4.30. The van der Waals surface area contributed by atoms with E-state index in [9.17, 15) is 4.79 Å². The topological polar surface area (TPSA) is 74.2 Å². The molecule has 0 bridgehead atoms. The first-order chi connectivity index (χ1) is 13.5. The highest BCUT2D eigenvalue weighted by Gasteiger charge is 2.24. The molecule has 1 N–H and O–H groups in total. The lowest BCUT2D eigenvalue weighted by Gasteiger charge is -2.35. The van der Waals surface area contributed by atoms with Gasteiger partial charge in [-0.15, -0.1) is 21.5 Å². The molecule has 3 aromatic rings. The minimum atomic E-state index is -0.111. The van der Waals surface area contributed by atoms with E-state index in [1.807, 2.05) is 36.2 Å². The molecule has 1 aliphatic heterocycles. The van der Waals surface area contributed by atoms with Crippen LogP contribution in [0.25, 0.3) is 21.3 Å². The predicted octanol–water partition coefficient (Wildman–Crippen LogP) is 3.62. The van der Waals surface area contributed by atoms with Crippen LogP contribution in [0.4, 0.5) is 10.6 Å². The molecule has 1 aliphatic rings. The lowest BCUT2D eigenvalue weighted by atomic mass is 10.0. The highest BCUT2D eigenvalue weighted by Crippen LogP contribution is 2.28. The molecule has 8 heteroatoms. The van der Waals surface area contributed by atoms with E-state index < -0.39 is 0 Å². The minimum absolute atomic E-state index is 0.111. The minimum Gasteiger partial charge on any atom is -0.324 e. The maximum atomic E-state index is 12.6. The van der Waals surface area contributed by atoms with Crippen LogP contribution >= 0.6 is 11.3 Å². The summed E-state index contributed by atoms with van der Waals surface area (Å²) in [6, 6.07) is 8.35. The lowest BCUT2D eigenvalue weighted by molar-refractivity contribution is 0.156. The van der Waals surface area contributed by atoms with Crippen LogP contribution in [0.1, 0.15) is 17.8 Å². The zero-order valence-corrected chi connectivity index (χ0v) is 17.2. The van der Waals surface area contributed by atoms with Crippen molar-refractivity contribution in [3.05, 3.63) is 35.5 Å². The first-order valence-corrected chi connectivity index (χ1v) is 10.2. The summed E-state index contributed by atoms with van der Waals surface area (Å²) >= 11 is 1.66. The Bertz CT molecular complexity index is 993. The quantitative estimate of drug-likeness (QED) is 0.732. The van der Waals surface area contributed by atoms with Crippen LogP contribution in [0.5, 0.6) is 0 Å². The molecule has 3 heterocycles. The zero-order valence-electron chi connectivity index (χ0n) is 16.3. The first kappa shape index (κ1) is 18.8. The molecule has 28 heavy (non-hydrogen) atoms. The predicted molar refractivity (Wildman–Crippen MR) is 113 cm³/mol. The molecule has 0 radical (unpaired) electrons. The monoisotopic (exact) mass is 396 g/mol. The molecule has 1 aromatic carbocycles. The fourth-order valence-electron chi connectivity index (χ4n) is 3.53. The van der Waals surface area contributed by atoms with Crippen molar-refractivity contribution in [2.45, 2.75) is 25.8 Å². The number of piperidine rings is 1. The molecule has 2 aromatic heterocycles. The summed E-state index contributed by atoms with van der Waals surface area (Å²) < 4.78 is 0. The highest BCUT2D eigenvalue weighted by molar-refractivity contribution is 7.15. The zero-order chi connectivity index (χ0) is 19.7. The third kappa shape index (κ3) is 3.98. The van der Waals surface area contributed by atoms with Crippen LogP contribution in [0.15, 0.2) is 30.5 Å². The van der Waals surface area contributed by atoms with Gasteiger partial charge in [-0.3, -0.25) is 5.32 Å². The molecule has 0 aliphatic carbocycles. The normalized spacial score (nSPS) is 15.4. The number of fused-ring (bicyclic) bond motifs is 1. The summed E-state index contributed by atoms with van der Waals surface area (Å²) in [5, 5.41) is 13.3. The van der Waals surface area contributed by atoms with E-state index >= 15 is 0 Å². The number of hydrogen-bond donors (Lipinski definition) is 1. The average Bonchev–Trinajstić information content (AvgIpc) is 3.14. The number of carbonyl (C=O) groups excluding carboxylic acids is 1. The maximum Gasteiger partial charge on any atom is 0.323 e. The van der Waals surface area contributed by atoms with Gasteiger partial charge in [-0.1, -0.05) is 6.07 Å². The van der Waals surface area contributed by atoms with Gasteiger partial charge in [0.05, 0.1) is 15.4 Å². The lowest BCUT2D eigenvalue weighted by Crippen LogP contribution is -2.46. The molecule has 4 rings (SSSR count). The summed E-state index contributed by atoms with van der Waals surface area (Å²) in [6.07, 6.45) is 3.86. The van der Waals surface area contributed by atoms with Crippen molar-refractivity contribution in [1.29, 1.82) is 0 Å². The van der Waals surface area contributed by atoms with Gasteiger partial charge in [0.15, 0.2) is 5.82 Å². The van der Waals surface area contributed by atoms with Crippen LogP contribution < -0.4 is 5.32 Å². The number of rotatable bonds is 3. The van der Waals surface area contributed by atoms with Gasteiger partial charge in [0, 0.05) is 30.7 Å². The third-order valence-electron chi connectivity index (χ3n) is 5.21. The van der Waals surface area contributed by atoms with Crippen LogP contribution in [0.3, 0.4) is 0 Å². The van der Waals surface area contributed by atoms with E-state index in [0.29, 0.717) is 11.9 Å². The molecule has 2 amide bonds. The second kappa shape index (κ2) is 7.81. The van der Waals surface area contributed by atoms with E-state index in [2.05, 4.69) is 45.6 Å². The number of nitrogens with zero attached hydrogens (tertiary/aromatic N) is 5. The summed E-state index contributed by atoms with van der Waals surface area (Å²) in [4.78, 5) is 22.1. The van der Waals surface area contributed by atoms with Crippen molar-refractivity contribution in [3.63, 3.8) is 0 Å². The van der Waals surface area contributed by atoms with E-state index in [1.54, 1.807) is 11.3 Å². The number of thiazole rings is 1. The molecule has 0 unspecified atom stereocenters. The number of likely N-dealkylation sites (tertiary alicyclic amines) is 1. The molecule has 0 spiro atoms. The first-order valence-electron chi connectivity index (χ1n) is 9.42.